The first-order valence-electron chi connectivity index (χ1n) is 19.3. The van der Waals surface area contributed by atoms with Crippen molar-refractivity contribution in [2.24, 2.45) is 44.8 Å². The number of nitrogens with one attached hydrogen (secondary N) is 1. The first-order valence-corrected chi connectivity index (χ1v) is 19.3. The molecule has 8 rings (SSSR count). The Hall–Kier alpha value is -2.23. The number of carbonyl (C=O) groups is 1. The van der Waals surface area contributed by atoms with Crippen molar-refractivity contribution < 1.29 is 34.7 Å². The van der Waals surface area contributed by atoms with Crippen molar-refractivity contribution in [3.63, 3.8) is 0 Å². The van der Waals surface area contributed by atoms with E-state index in [-0.39, 0.29) is 33.0 Å². The molecule has 2 aromatic rings. The molecule has 1 saturated heterocycles. The zero-order valence-corrected chi connectivity index (χ0v) is 31.1. The molecular formula is C42H59NO7. The number of para-hydroxylation sites is 1. The minimum absolute atomic E-state index is 0.00583. The monoisotopic (exact) mass is 689 g/mol. The van der Waals surface area contributed by atoms with Crippen LogP contribution >= 0.6 is 0 Å². The molecule has 8 nitrogen and oxygen atoms in total. The molecule has 8 heteroatoms. The third kappa shape index (κ3) is 4.50. The smallest absolute Gasteiger partial charge is 0.315 e. The van der Waals surface area contributed by atoms with Gasteiger partial charge in [-0.3, -0.25) is 4.79 Å². The van der Waals surface area contributed by atoms with Crippen molar-refractivity contribution in [2.45, 2.75) is 142 Å². The van der Waals surface area contributed by atoms with E-state index in [9.17, 15) is 25.2 Å². The molecule has 5 N–H and O–H groups in total. The molecule has 1 aromatic carbocycles. The van der Waals surface area contributed by atoms with E-state index in [2.05, 4.69) is 83.8 Å². The lowest BCUT2D eigenvalue weighted by Gasteiger charge is -2.70. The van der Waals surface area contributed by atoms with Crippen molar-refractivity contribution in [3.8, 4) is 0 Å². The number of hydrogen-bond acceptors (Lipinski definition) is 7. The predicted octanol–water partition coefficient (Wildman–Crippen LogP) is 6.33. The highest BCUT2D eigenvalue weighted by molar-refractivity contribution is 5.85. The van der Waals surface area contributed by atoms with Crippen LogP contribution in [0.4, 0.5) is 0 Å². The Morgan fingerprint density at radius 1 is 0.920 bits per heavy atom. The molecule has 3 saturated carbocycles. The summed E-state index contributed by atoms with van der Waals surface area (Å²) in [5.41, 5.74) is 4.98. The van der Waals surface area contributed by atoms with Gasteiger partial charge in [0.15, 0.2) is 0 Å². The highest BCUT2D eigenvalue weighted by Crippen LogP contribution is 2.75. The Kier molecular flexibility index (Phi) is 7.76. The number of aliphatic hydroxyl groups excluding tert-OH is 4. The summed E-state index contributed by atoms with van der Waals surface area (Å²) in [7, 11) is 0. The fraction of sp³-hybridized carbons (Fsp3) is 0.738. The molecule has 274 valence electrons. The van der Waals surface area contributed by atoms with Gasteiger partial charge in [-0.05, 0) is 109 Å². The van der Waals surface area contributed by atoms with Crippen LogP contribution in [0.2, 0.25) is 0 Å². The van der Waals surface area contributed by atoms with E-state index in [1.807, 2.05) is 0 Å². The van der Waals surface area contributed by atoms with Crippen molar-refractivity contribution in [1.82, 2.24) is 4.98 Å². The van der Waals surface area contributed by atoms with Gasteiger partial charge in [0, 0.05) is 22.0 Å². The third-order valence-electron chi connectivity index (χ3n) is 16.3. The summed E-state index contributed by atoms with van der Waals surface area (Å²) in [4.78, 5) is 18.4. The molecule has 50 heavy (non-hydrogen) atoms. The van der Waals surface area contributed by atoms with E-state index in [1.54, 1.807) is 0 Å². The van der Waals surface area contributed by atoms with Gasteiger partial charge in [0.2, 0.25) is 6.29 Å². The Morgan fingerprint density at radius 2 is 1.64 bits per heavy atom. The van der Waals surface area contributed by atoms with Crippen molar-refractivity contribution in [3.05, 3.63) is 47.2 Å². The summed E-state index contributed by atoms with van der Waals surface area (Å²) in [5.74, 6) is 0.647. The van der Waals surface area contributed by atoms with E-state index in [4.69, 9.17) is 9.47 Å². The quantitative estimate of drug-likeness (QED) is 0.188. The molecule has 0 spiro atoms. The number of hydrogen-bond donors (Lipinski definition) is 5. The number of allylic oxidation sites excluding steroid dienone is 2. The topological polar surface area (TPSA) is 132 Å². The van der Waals surface area contributed by atoms with Gasteiger partial charge >= 0.3 is 5.97 Å². The van der Waals surface area contributed by atoms with Gasteiger partial charge in [0.05, 0.1) is 12.0 Å². The standard InChI is InChI=1S/C42H59NO7/c1-37(2)16-18-42(36(48)50-35-33(47)32(46)31(45)28(22-44)49-35)19-17-40(6)25(26(42)21-37)12-13-30-39(5)20-24-23-10-8-9-11-27(23)43-34(24)38(3,4)29(39)14-15-41(30,40)7/h8-12,26,28-33,35,43-47H,13-22H2,1-7H3/t26-,28+,29?,30+,31+,32-,33+,35-,39-,40+,41+,42?/m0/s1. The Bertz CT molecular complexity index is 1730. The number of aliphatic hydroxyl groups is 4. The van der Waals surface area contributed by atoms with Crippen LogP contribution in [0.1, 0.15) is 111 Å². The average Bonchev–Trinajstić information content (AvgIpc) is 3.44. The lowest BCUT2D eigenvalue weighted by Crippen LogP contribution is -2.65. The maximum Gasteiger partial charge on any atom is 0.315 e. The van der Waals surface area contributed by atoms with Gasteiger partial charge in [-0.25, -0.2) is 0 Å². The number of fused-ring (bicyclic) bond motifs is 10. The van der Waals surface area contributed by atoms with Gasteiger partial charge in [-0.2, -0.15) is 0 Å². The van der Waals surface area contributed by atoms with Crippen molar-refractivity contribution in [1.29, 1.82) is 0 Å². The van der Waals surface area contributed by atoms with Gasteiger partial charge < -0.3 is 34.9 Å². The zero-order valence-electron chi connectivity index (χ0n) is 31.1. The third-order valence-corrected chi connectivity index (χ3v) is 16.3. The molecule has 5 aliphatic carbocycles. The molecule has 0 radical (unpaired) electrons. The molecule has 6 aliphatic rings. The van der Waals surface area contributed by atoms with E-state index in [0.29, 0.717) is 24.7 Å². The maximum absolute atomic E-state index is 14.6. The summed E-state index contributed by atoms with van der Waals surface area (Å²) < 4.78 is 11.7. The van der Waals surface area contributed by atoms with Gasteiger partial charge in [0.25, 0.3) is 0 Å². The van der Waals surface area contributed by atoms with Crippen LogP contribution in [0.25, 0.3) is 10.9 Å². The second kappa shape index (κ2) is 11.1. The molecule has 0 amide bonds. The summed E-state index contributed by atoms with van der Waals surface area (Å²) >= 11 is 0. The fourth-order valence-corrected chi connectivity index (χ4v) is 13.3. The minimum Gasteiger partial charge on any atom is -0.432 e. The zero-order chi connectivity index (χ0) is 35.8. The van der Waals surface area contributed by atoms with Crippen LogP contribution in [0.15, 0.2) is 35.9 Å². The normalized spacial score (nSPS) is 46.0. The van der Waals surface area contributed by atoms with Crippen molar-refractivity contribution >= 4 is 16.9 Å². The number of benzene rings is 1. The average molecular weight is 690 g/mol. The summed E-state index contributed by atoms with van der Waals surface area (Å²) in [5, 5.41) is 42.7. The number of aromatic nitrogens is 1. The van der Waals surface area contributed by atoms with Crippen LogP contribution in [-0.2, 0) is 26.1 Å². The SMILES string of the molecule is CC1(C)CCC2(C(=O)O[C@@H]3O[C@H](CO)[C@@H](O)[C@H](O)[C@H]3O)CC[C@]3(C)C(=CC[C@@H]4[C@@]5(C)Cc6c([nH]c7ccccc67)C(C)(C)C5CC[C@]43C)[C@@H]2C1. The van der Waals surface area contributed by atoms with E-state index >= 15 is 0 Å². The Balaban J connectivity index is 1.16. The minimum atomic E-state index is -1.61. The number of aromatic amines is 1. The van der Waals surface area contributed by atoms with Crippen LogP contribution in [0.5, 0.6) is 0 Å². The lowest BCUT2D eigenvalue weighted by atomic mass is 9.33. The van der Waals surface area contributed by atoms with Gasteiger partial charge in [-0.15, -0.1) is 0 Å². The van der Waals surface area contributed by atoms with Crippen molar-refractivity contribution in [2.75, 3.05) is 6.61 Å². The first-order chi connectivity index (χ1) is 23.4. The molecule has 2 unspecified atom stereocenters. The maximum atomic E-state index is 14.6. The van der Waals surface area contributed by atoms with E-state index in [1.165, 1.54) is 34.2 Å². The first kappa shape index (κ1) is 34.8. The van der Waals surface area contributed by atoms with Crippen LogP contribution in [0.3, 0.4) is 0 Å². The summed E-state index contributed by atoms with van der Waals surface area (Å²) in [6.07, 6.45) is 3.70. The Labute approximate surface area is 297 Å². The van der Waals surface area contributed by atoms with Crippen LogP contribution in [0, 0.1) is 44.8 Å². The number of esters is 1. The fourth-order valence-electron chi connectivity index (χ4n) is 13.3. The highest BCUT2D eigenvalue weighted by atomic mass is 16.7. The predicted molar refractivity (Wildman–Crippen MR) is 191 cm³/mol. The molecule has 4 fully saturated rings. The van der Waals surface area contributed by atoms with Crippen LogP contribution in [-0.4, -0.2) is 68.7 Å². The molecule has 12 atom stereocenters. The van der Waals surface area contributed by atoms with Crippen LogP contribution < -0.4 is 0 Å². The summed E-state index contributed by atoms with van der Waals surface area (Å²) in [6.45, 7) is 16.7. The number of carbonyl (C=O) groups excluding carboxylic acids is 1. The lowest BCUT2D eigenvalue weighted by molar-refractivity contribution is -0.297. The molecule has 2 heterocycles. The molecule has 1 aromatic heterocycles. The summed E-state index contributed by atoms with van der Waals surface area (Å²) in [6, 6.07) is 8.81. The van der Waals surface area contributed by atoms with Gasteiger partial charge in [0.1, 0.15) is 24.4 Å². The second-order valence-electron chi connectivity index (χ2n) is 19.4. The molecular weight excluding hydrogens is 630 g/mol. The largest absolute Gasteiger partial charge is 0.432 e. The molecule has 1 aliphatic heterocycles. The Morgan fingerprint density at radius 3 is 2.38 bits per heavy atom. The highest BCUT2D eigenvalue weighted by Gasteiger charge is 2.69. The van der Waals surface area contributed by atoms with Gasteiger partial charge in [-0.1, -0.05) is 78.3 Å². The van der Waals surface area contributed by atoms with E-state index < -0.39 is 48.7 Å². The van der Waals surface area contributed by atoms with E-state index in [0.717, 1.165) is 38.5 Å². The number of H-pyrrole nitrogens is 1. The number of ether oxygens (including phenoxy) is 2. The number of rotatable bonds is 3. The molecule has 0 bridgehead atoms. The second-order valence-corrected chi connectivity index (χ2v) is 19.4.